The average molecular weight is 365 g/mol. The molecule has 3 rings (SSSR count). The van der Waals surface area contributed by atoms with Crippen molar-refractivity contribution in [2.24, 2.45) is 0 Å². The van der Waals surface area contributed by atoms with Crippen LogP contribution in [0.15, 0.2) is 41.8 Å². The molecule has 0 unspecified atom stereocenters. The number of carbonyl (C=O) groups excluding carboxylic acids is 1. The zero-order valence-corrected chi connectivity index (χ0v) is 14.6. The summed E-state index contributed by atoms with van der Waals surface area (Å²) in [5, 5.41) is 10.0. The molecule has 3 aromatic rings. The molecule has 0 aliphatic rings. The van der Waals surface area contributed by atoms with Gasteiger partial charge in [-0.25, -0.2) is 4.79 Å². The predicted octanol–water partition coefficient (Wildman–Crippen LogP) is 5.84. The molecule has 2 aromatic carbocycles. The van der Waals surface area contributed by atoms with E-state index < -0.39 is 0 Å². The number of hydrogen-bond donors (Lipinski definition) is 2. The van der Waals surface area contributed by atoms with Crippen molar-refractivity contribution in [3.05, 3.63) is 63.0 Å². The highest BCUT2D eigenvalue weighted by molar-refractivity contribution is 7.17. The molecule has 2 N–H and O–H groups in total. The zero-order valence-electron chi connectivity index (χ0n) is 12.3. The first kappa shape index (κ1) is 16.1. The minimum atomic E-state index is -0.272. The van der Waals surface area contributed by atoms with Crippen molar-refractivity contribution in [3.63, 3.8) is 0 Å². The van der Waals surface area contributed by atoms with Gasteiger partial charge >= 0.3 is 6.03 Å². The van der Waals surface area contributed by atoms with Gasteiger partial charge in [-0.1, -0.05) is 29.3 Å². The zero-order chi connectivity index (χ0) is 16.4. The fourth-order valence-electron chi connectivity index (χ4n) is 2.21. The Bertz CT molecular complexity index is 876. The van der Waals surface area contributed by atoms with Gasteiger partial charge in [-0.2, -0.15) is 0 Å². The van der Waals surface area contributed by atoms with Crippen molar-refractivity contribution in [3.8, 4) is 0 Å². The molecule has 0 fully saturated rings. The van der Waals surface area contributed by atoms with Crippen LogP contribution in [0.25, 0.3) is 10.1 Å². The molecule has 0 aliphatic heterocycles. The van der Waals surface area contributed by atoms with Crippen molar-refractivity contribution < 1.29 is 4.79 Å². The summed E-state index contributed by atoms with van der Waals surface area (Å²) < 4.78 is 1.15. The van der Waals surface area contributed by atoms with Crippen LogP contribution in [0.1, 0.15) is 11.1 Å². The molecule has 0 bridgehead atoms. The fraction of sp³-hybridized carbons (Fsp3) is 0.118. The second-order valence-electron chi connectivity index (χ2n) is 5.17. The first-order valence-corrected chi connectivity index (χ1v) is 8.63. The summed E-state index contributed by atoms with van der Waals surface area (Å²) in [7, 11) is 0. The van der Waals surface area contributed by atoms with Gasteiger partial charge < -0.3 is 10.6 Å². The van der Waals surface area contributed by atoms with Gasteiger partial charge in [-0.3, -0.25) is 0 Å². The number of nitrogens with one attached hydrogen (secondary N) is 2. The van der Waals surface area contributed by atoms with Gasteiger partial charge in [0.15, 0.2) is 0 Å². The first-order valence-electron chi connectivity index (χ1n) is 6.99. The van der Waals surface area contributed by atoms with Crippen molar-refractivity contribution >= 4 is 56.3 Å². The summed E-state index contributed by atoms with van der Waals surface area (Å²) in [5.41, 5.74) is 2.68. The van der Waals surface area contributed by atoms with Gasteiger partial charge in [-0.05, 0) is 59.1 Å². The van der Waals surface area contributed by atoms with E-state index in [1.165, 1.54) is 0 Å². The number of fused-ring (bicyclic) bond motifs is 1. The van der Waals surface area contributed by atoms with Crippen LogP contribution < -0.4 is 10.6 Å². The Kier molecular flexibility index (Phi) is 4.76. The van der Waals surface area contributed by atoms with Gasteiger partial charge in [0.2, 0.25) is 0 Å². The third-order valence-corrected chi connectivity index (χ3v) is 5.14. The molecule has 0 radical (unpaired) electrons. The highest BCUT2D eigenvalue weighted by Gasteiger charge is 2.07. The average Bonchev–Trinajstić information content (AvgIpc) is 2.91. The normalized spacial score (nSPS) is 10.7. The number of hydrogen-bond acceptors (Lipinski definition) is 2. The number of urea groups is 1. The monoisotopic (exact) mass is 364 g/mol. The summed E-state index contributed by atoms with van der Waals surface area (Å²) in [6, 6.07) is 10.9. The van der Waals surface area contributed by atoms with Crippen molar-refractivity contribution in [2.75, 3.05) is 5.32 Å². The third-order valence-electron chi connectivity index (χ3n) is 3.48. The standard InChI is InChI=1S/C17H14Cl2N2OS/c1-10-2-4-13(7-15(10)19)21-17(22)20-8-11-9-23-16-5-3-12(18)6-14(11)16/h2-7,9H,8H2,1H3,(H2,20,21,22). The van der Waals surface area contributed by atoms with E-state index in [9.17, 15) is 4.79 Å². The lowest BCUT2D eigenvalue weighted by Gasteiger charge is -2.08. The number of anilines is 1. The number of amides is 2. The maximum absolute atomic E-state index is 12.0. The Morgan fingerprint density at radius 2 is 2.00 bits per heavy atom. The van der Waals surface area contributed by atoms with E-state index in [0.29, 0.717) is 22.3 Å². The largest absolute Gasteiger partial charge is 0.334 e. The summed E-state index contributed by atoms with van der Waals surface area (Å²) in [4.78, 5) is 12.0. The van der Waals surface area contributed by atoms with Crippen LogP contribution in [0.4, 0.5) is 10.5 Å². The van der Waals surface area contributed by atoms with Crippen LogP contribution in [0.2, 0.25) is 10.0 Å². The van der Waals surface area contributed by atoms with Gasteiger partial charge in [0.05, 0.1) is 0 Å². The lowest BCUT2D eigenvalue weighted by atomic mass is 10.2. The lowest BCUT2D eigenvalue weighted by molar-refractivity contribution is 0.252. The molecule has 0 aliphatic carbocycles. The molecule has 0 saturated carbocycles. The molecule has 6 heteroatoms. The van der Waals surface area contributed by atoms with E-state index in [1.54, 1.807) is 17.4 Å². The Morgan fingerprint density at radius 3 is 2.78 bits per heavy atom. The second kappa shape index (κ2) is 6.79. The molecule has 3 nitrogen and oxygen atoms in total. The minimum Gasteiger partial charge on any atom is -0.334 e. The predicted molar refractivity (Wildman–Crippen MR) is 98.9 cm³/mol. The lowest BCUT2D eigenvalue weighted by Crippen LogP contribution is -2.28. The van der Waals surface area contributed by atoms with E-state index in [0.717, 1.165) is 21.2 Å². The number of aryl methyl sites for hydroxylation is 1. The van der Waals surface area contributed by atoms with Crippen LogP contribution in [0.3, 0.4) is 0 Å². The second-order valence-corrected chi connectivity index (χ2v) is 6.93. The third kappa shape index (κ3) is 3.78. The van der Waals surface area contributed by atoms with Crippen molar-refractivity contribution in [2.45, 2.75) is 13.5 Å². The van der Waals surface area contributed by atoms with E-state index in [-0.39, 0.29) is 6.03 Å². The molecule has 0 spiro atoms. The summed E-state index contributed by atoms with van der Waals surface area (Å²) in [5.74, 6) is 0. The molecule has 1 heterocycles. The van der Waals surface area contributed by atoms with Crippen LogP contribution >= 0.6 is 34.5 Å². The summed E-state index contributed by atoms with van der Waals surface area (Å²) in [6.45, 7) is 2.35. The Labute approximate surface area is 148 Å². The number of carbonyl (C=O) groups is 1. The number of benzene rings is 2. The summed E-state index contributed by atoms with van der Waals surface area (Å²) >= 11 is 13.7. The van der Waals surface area contributed by atoms with Crippen LogP contribution in [0, 0.1) is 6.92 Å². The van der Waals surface area contributed by atoms with Crippen LogP contribution in [-0.2, 0) is 6.54 Å². The van der Waals surface area contributed by atoms with Crippen molar-refractivity contribution in [1.29, 1.82) is 0 Å². The Balaban J connectivity index is 1.66. The SMILES string of the molecule is Cc1ccc(NC(=O)NCc2csc3ccc(Cl)cc23)cc1Cl. The van der Waals surface area contributed by atoms with Gasteiger partial charge in [-0.15, -0.1) is 11.3 Å². The van der Waals surface area contributed by atoms with E-state index >= 15 is 0 Å². The quantitative estimate of drug-likeness (QED) is 0.602. The Morgan fingerprint density at radius 1 is 1.17 bits per heavy atom. The van der Waals surface area contributed by atoms with Gasteiger partial charge in [0.25, 0.3) is 0 Å². The molecular formula is C17H14Cl2N2OS. The maximum atomic E-state index is 12.0. The number of rotatable bonds is 3. The molecular weight excluding hydrogens is 351 g/mol. The highest BCUT2D eigenvalue weighted by Crippen LogP contribution is 2.28. The van der Waals surface area contributed by atoms with Crippen LogP contribution in [0.5, 0.6) is 0 Å². The maximum Gasteiger partial charge on any atom is 0.319 e. The molecule has 118 valence electrons. The molecule has 1 aromatic heterocycles. The smallest absolute Gasteiger partial charge is 0.319 e. The molecule has 23 heavy (non-hydrogen) atoms. The van der Waals surface area contributed by atoms with E-state index in [2.05, 4.69) is 10.6 Å². The summed E-state index contributed by atoms with van der Waals surface area (Å²) in [6.07, 6.45) is 0. The van der Waals surface area contributed by atoms with E-state index in [4.69, 9.17) is 23.2 Å². The van der Waals surface area contributed by atoms with Crippen LogP contribution in [-0.4, -0.2) is 6.03 Å². The minimum absolute atomic E-state index is 0.272. The van der Waals surface area contributed by atoms with E-state index in [1.807, 2.05) is 42.6 Å². The number of halogens is 2. The Hall–Kier alpha value is -1.75. The highest BCUT2D eigenvalue weighted by atomic mass is 35.5. The molecule has 0 atom stereocenters. The van der Waals surface area contributed by atoms with Gasteiger partial charge in [0, 0.05) is 27.0 Å². The van der Waals surface area contributed by atoms with Crippen molar-refractivity contribution in [1.82, 2.24) is 5.32 Å². The fourth-order valence-corrected chi connectivity index (χ4v) is 3.51. The number of thiophene rings is 1. The first-order chi connectivity index (χ1) is 11.0. The topological polar surface area (TPSA) is 41.1 Å². The van der Waals surface area contributed by atoms with Gasteiger partial charge in [0.1, 0.15) is 0 Å². The molecule has 2 amide bonds. The molecule has 0 saturated heterocycles.